The quantitative estimate of drug-likeness (QED) is 0.513. The number of thioether (sulfide) groups is 1. The van der Waals surface area contributed by atoms with Gasteiger partial charge in [0.05, 0.1) is 18.8 Å². The van der Waals surface area contributed by atoms with E-state index in [4.69, 9.17) is 10.5 Å². The Morgan fingerprint density at radius 2 is 2.33 bits per heavy atom. The maximum Gasteiger partial charge on any atom is 0.237 e. The number of aliphatic hydroxyl groups is 1. The van der Waals surface area contributed by atoms with E-state index in [-0.39, 0.29) is 19.1 Å². The van der Waals surface area contributed by atoms with E-state index in [0.717, 1.165) is 5.75 Å². The zero-order valence-corrected chi connectivity index (χ0v) is 10.0. The fourth-order valence-electron chi connectivity index (χ4n) is 0.977. The van der Waals surface area contributed by atoms with Crippen molar-refractivity contribution >= 4 is 17.7 Å². The Morgan fingerprint density at radius 1 is 1.67 bits per heavy atom. The lowest BCUT2D eigenvalue weighted by molar-refractivity contribution is -0.123. The Hall–Kier alpha value is -0.300. The molecular weight excluding hydrogens is 216 g/mol. The van der Waals surface area contributed by atoms with Crippen LogP contribution in [0.3, 0.4) is 0 Å². The van der Waals surface area contributed by atoms with Crippen LogP contribution in [0.15, 0.2) is 0 Å². The number of methoxy groups -OCH3 is 1. The Labute approximate surface area is 94.7 Å². The minimum Gasteiger partial charge on any atom is -0.389 e. The molecule has 90 valence electrons. The summed E-state index contributed by atoms with van der Waals surface area (Å²) in [6, 6.07) is -0.493. The van der Waals surface area contributed by atoms with Crippen LogP contribution in [-0.4, -0.2) is 55.4 Å². The van der Waals surface area contributed by atoms with Crippen molar-refractivity contribution in [1.29, 1.82) is 0 Å². The van der Waals surface area contributed by atoms with Crippen molar-refractivity contribution in [1.82, 2.24) is 5.32 Å². The maximum atomic E-state index is 11.4. The highest BCUT2D eigenvalue weighted by Crippen LogP contribution is 1.98. The van der Waals surface area contributed by atoms with Crippen molar-refractivity contribution < 1.29 is 14.6 Å². The number of rotatable bonds is 8. The van der Waals surface area contributed by atoms with Gasteiger partial charge in [0.2, 0.25) is 5.91 Å². The molecule has 0 bridgehead atoms. The first-order valence-corrected chi connectivity index (χ1v) is 6.20. The Bertz CT molecular complexity index is 181. The van der Waals surface area contributed by atoms with Gasteiger partial charge in [-0.05, 0) is 18.4 Å². The summed E-state index contributed by atoms with van der Waals surface area (Å²) >= 11 is 1.65. The third kappa shape index (κ3) is 7.61. The van der Waals surface area contributed by atoms with Crippen LogP contribution < -0.4 is 11.1 Å². The van der Waals surface area contributed by atoms with Crippen molar-refractivity contribution in [2.45, 2.75) is 18.6 Å². The van der Waals surface area contributed by atoms with E-state index in [0.29, 0.717) is 6.42 Å². The predicted octanol–water partition coefficient (Wildman–Crippen LogP) is -0.810. The van der Waals surface area contributed by atoms with Crippen LogP contribution >= 0.6 is 11.8 Å². The standard InChI is InChI=1S/C9H20N2O3S/c1-14-6-7(12)5-11-9(13)8(10)3-4-15-2/h7-8,12H,3-6,10H2,1-2H3,(H,11,13)/t7?,8-/m0/s1. The molecule has 0 aromatic rings. The largest absolute Gasteiger partial charge is 0.389 e. The Kier molecular flexibility index (Phi) is 8.79. The number of hydrogen-bond acceptors (Lipinski definition) is 5. The van der Waals surface area contributed by atoms with E-state index in [1.54, 1.807) is 11.8 Å². The molecule has 2 atom stereocenters. The van der Waals surface area contributed by atoms with Gasteiger partial charge >= 0.3 is 0 Å². The van der Waals surface area contributed by atoms with Crippen molar-refractivity contribution in [3.8, 4) is 0 Å². The molecule has 0 aliphatic heterocycles. The van der Waals surface area contributed by atoms with Gasteiger partial charge in [0.15, 0.2) is 0 Å². The van der Waals surface area contributed by atoms with Gasteiger partial charge in [-0.1, -0.05) is 0 Å². The fraction of sp³-hybridized carbons (Fsp3) is 0.889. The number of ether oxygens (including phenoxy) is 1. The lowest BCUT2D eigenvalue weighted by Gasteiger charge is -2.14. The van der Waals surface area contributed by atoms with Gasteiger partial charge in [-0.2, -0.15) is 11.8 Å². The smallest absolute Gasteiger partial charge is 0.237 e. The number of aliphatic hydroxyl groups excluding tert-OH is 1. The van der Waals surface area contributed by atoms with Gasteiger partial charge in [-0.15, -0.1) is 0 Å². The summed E-state index contributed by atoms with van der Waals surface area (Å²) in [6.45, 7) is 0.389. The molecule has 0 aromatic carbocycles. The Morgan fingerprint density at radius 3 is 2.87 bits per heavy atom. The molecule has 0 spiro atoms. The molecule has 4 N–H and O–H groups in total. The summed E-state index contributed by atoms with van der Waals surface area (Å²) in [6.07, 6.45) is 1.94. The average Bonchev–Trinajstić information content (AvgIpc) is 2.22. The van der Waals surface area contributed by atoms with Crippen molar-refractivity contribution in [3.05, 3.63) is 0 Å². The summed E-state index contributed by atoms with van der Waals surface area (Å²) in [5, 5.41) is 11.8. The van der Waals surface area contributed by atoms with E-state index in [2.05, 4.69) is 5.32 Å². The van der Waals surface area contributed by atoms with Gasteiger partial charge in [0, 0.05) is 13.7 Å². The second-order valence-corrected chi connectivity index (χ2v) is 4.23. The lowest BCUT2D eigenvalue weighted by Crippen LogP contribution is -2.44. The topological polar surface area (TPSA) is 84.6 Å². The normalized spacial score (nSPS) is 14.7. The molecule has 0 aliphatic rings. The number of hydrogen-bond donors (Lipinski definition) is 3. The van der Waals surface area contributed by atoms with E-state index >= 15 is 0 Å². The highest BCUT2D eigenvalue weighted by Gasteiger charge is 2.13. The first-order chi connectivity index (χ1) is 7.11. The molecule has 6 heteroatoms. The van der Waals surface area contributed by atoms with Gasteiger partial charge in [0.1, 0.15) is 0 Å². The first kappa shape index (κ1) is 14.7. The molecule has 0 aliphatic carbocycles. The second-order valence-electron chi connectivity index (χ2n) is 3.24. The van der Waals surface area contributed by atoms with Gasteiger partial charge in [-0.25, -0.2) is 0 Å². The summed E-state index contributed by atoms with van der Waals surface area (Å²) in [4.78, 5) is 11.4. The van der Waals surface area contributed by atoms with Crippen LogP contribution in [0, 0.1) is 0 Å². The van der Waals surface area contributed by atoms with Gasteiger partial charge in [0.25, 0.3) is 0 Å². The molecule has 0 radical (unpaired) electrons. The summed E-state index contributed by atoms with van der Waals surface area (Å²) < 4.78 is 4.73. The predicted molar refractivity (Wildman–Crippen MR) is 61.9 cm³/mol. The second kappa shape index (κ2) is 8.96. The van der Waals surface area contributed by atoms with Crippen LogP contribution in [0.1, 0.15) is 6.42 Å². The highest BCUT2D eigenvalue weighted by molar-refractivity contribution is 7.98. The minimum atomic E-state index is -0.674. The molecule has 0 rings (SSSR count). The molecule has 0 fully saturated rings. The monoisotopic (exact) mass is 236 g/mol. The van der Waals surface area contributed by atoms with Crippen molar-refractivity contribution in [2.24, 2.45) is 5.73 Å². The summed E-state index contributed by atoms with van der Waals surface area (Å²) in [7, 11) is 1.50. The maximum absolute atomic E-state index is 11.4. The third-order valence-electron chi connectivity index (χ3n) is 1.84. The van der Waals surface area contributed by atoms with Crippen LogP contribution in [0.25, 0.3) is 0 Å². The minimum absolute atomic E-state index is 0.180. The van der Waals surface area contributed by atoms with E-state index < -0.39 is 12.1 Å². The number of amides is 1. The lowest BCUT2D eigenvalue weighted by atomic mass is 10.2. The summed E-state index contributed by atoms with van der Waals surface area (Å²) in [5.41, 5.74) is 5.63. The van der Waals surface area contributed by atoms with Crippen molar-refractivity contribution in [3.63, 3.8) is 0 Å². The zero-order chi connectivity index (χ0) is 11.7. The highest BCUT2D eigenvalue weighted by atomic mass is 32.2. The molecular formula is C9H20N2O3S. The summed E-state index contributed by atoms with van der Waals surface area (Å²) in [5.74, 6) is 0.633. The Balaban J connectivity index is 3.63. The zero-order valence-electron chi connectivity index (χ0n) is 9.23. The van der Waals surface area contributed by atoms with E-state index in [9.17, 15) is 9.90 Å². The molecule has 0 saturated carbocycles. The molecule has 5 nitrogen and oxygen atoms in total. The molecule has 1 amide bonds. The number of carbonyl (C=O) groups is 1. The number of nitrogens with one attached hydrogen (secondary N) is 1. The molecule has 1 unspecified atom stereocenters. The van der Waals surface area contributed by atoms with Crippen LogP contribution in [0.5, 0.6) is 0 Å². The number of nitrogens with two attached hydrogens (primary N) is 1. The van der Waals surface area contributed by atoms with Crippen molar-refractivity contribution in [2.75, 3.05) is 32.3 Å². The van der Waals surface area contributed by atoms with Crippen LogP contribution in [0.2, 0.25) is 0 Å². The third-order valence-corrected chi connectivity index (χ3v) is 2.48. The molecule has 15 heavy (non-hydrogen) atoms. The SMILES string of the molecule is COCC(O)CNC(=O)[C@@H](N)CCSC. The first-order valence-electron chi connectivity index (χ1n) is 4.81. The van der Waals surface area contributed by atoms with E-state index in [1.807, 2.05) is 6.26 Å². The van der Waals surface area contributed by atoms with E-state index in [1.165, 1.54) is 7.11 Å². The fourth-order valence-corrected chi connectivity index (χ4v) is 1.47. The van der Waals surface area contributed by atoms with Crippen LogP contribution in [0.4, 0.5) is 0 Å². The van der Waals surface area contributed by atoms with Gasteiger partial charge < -0.3 is 20.9 Å². The van der Waals surface area contributed by atoms with Gasteiger partial charge in [-0.3, -0.25) is 4.79 Å². The van der Waals surface area contributed by atoms with Crippen LogP contribution in [-0.2, 0) is 9.53 Å². The average molecular weight is 236 g/mol. The molecule has 0 heterocycles. The molecule has 0 aromatic heterocycles. The molecule has 0 saturated heterocycles. The number of carbonyl (C=O) groups excluding carboxylic acids is 1.